The number of nitrogens with one attached hydrogen (secondary N) is 1. The average molecular weight is 360 g/mol. The van der Waals surface area contributed by atoms with Gasteiger partial charge in [0.25, 0.3) is 5.91 Å². The van der Waals surface area contributed by atoms with Crippen molar-refractivity contribution in [1.82, 2.24) is 9.88 Å². The lowest BCUT2D eigenvalue weighted by molar-refractivity contribution is 0.0931. The lowest BCUT2D eigenvalue weighted by Gasteiger charge is -2.16. The predicted octanol–water partition coefficient (Wildman–Crippen LogP) is 5.24. The first-order valence-electron chi connectivity index (χ1n) is 8.69. The van der Waals surface area contributed by atoms with E-state index in [0.717, 1.165) is 15.8 Å². The van der Waals surface area contributed by atoms with Crippen molar-refractivity contribution >= 4 is 27.5 Å². The quantitative estimate of drug-likeness (QED) is 0.519. The van der Waals surface area contributed by atoms with E-state index in [1.807, 2.05) is 61.5 Å². The van der Waals surface area contributed by atoms with E-state index < -0.39 is 0 Å². The number of hydrogen-bond acceptors (Lipinski definition) is 2. The van der Waals surface area contributed by atoms with Crippen LogP contribution in [-0.2, 0) is 6.54 Å². The summed E-state index contributed by atoms with van der Waals surface area (Å²) in [6.45, 7) is 2.70. The van der Waals surface area contributed by atoms with Gasteiger partial charge in [-0.3, -0.25) is 4.79 Å². The van der Waals surface area contributed by atoms with Crippen molar-refractivity contribution in [3.63, 3.8) is 0 Å². The van der Waals surface area contributed by atoms with Crippen molar-refractivity contribution in [2.75, 3.05) is 0 Å². The fraction of sp³-hybridized carbons (Fsp3) is 0.136. The molecule has 0 saturated heterocycles. The summed E-state index contributed by atoms with van der Waals surface area (Å²) in [5.74, 6) is -0.0410. The number of fused-ring (bicyclic) bond motifs is 1. The molecule has 4 rings (SSSR count). The summed E-state index contributed by atoms with van der Waals surface area (Å²) in [5.41, 5.74) is 4.10. The minimum absolute atomic E-state index is 0.0400. The van der Waals surface area contributed by atoms with Crippen molar-refractivity contribution in [2.45, 2.75) is 19.5 Å². The number of thiophene rings is 1. The highest BCUT2D eigenvalue weighted by Gasteiger charge is 2.18. The summed E-state index contributed by atoms with van der Waals surface area (Å²) in [5, 5.41) is 5.20. The van der Waals surface area contributed by atoms with Gasteiger partial charge >= 0.3 is 0 Å². The lowest BCUT2D eigenvalue weighted by atomic mass is 10.1. The van der Waals surface area contributed by atoms with Gasteiger partial charge in [0, 0.05) is 6.54 Å². The van der Waals surface area contributed by atoms with E-state index in [2.05, 4.69) is 33.5 Å². The second kappa shape index (κ2) is 7.18. The van der Waals surface area contributed by atoms with Crippen LogP contribution in [0, 0.1) is 0 Å². The number of benzene rings is 2. The number of aromatic nitrogens is 1. The molecule has 0 aliphatic heterocycles. The number of rotatable bonds is 5. The van der Waals surface area contributed by atoms with Crippen molar-refractivity contribution in [2.24, 2.45) is 0 Å². The number of carbonyl (C=O) groups excluding carboxylic acids is 1. The standard InChI is InChI=1S/C22H20N2OS/c1-16(18-10-6-3-7-11-18)23-22(25)20-14-21-19(12-13-26-21)24(20)15-17-8-4-2-5-9-17/h2-14,16H,15H2,1H3,(H,23,25)/t16-/m1/s1. The van der Waals surface area contributed by atoms with Crippen molar-refractivity contribution in [3.8, 4) is 0 Å². The van der Waals surface area contributed by atoms with E-state index in [1.54, 1.807) is 11.3 Å². The Morgan fingerprint density at radius 2 is 1.73 bits per heavy atom. The zero-order chi connectivity index (χ0) is 17.9. The second-order valence-corrected chi connectivity index (χ2v) is 7.32. The third-order valence-electron chi connectivity index (χ3n) is 4.59. The number of amides is 1. The molecule has 0 aliphatic rings. The fourth-order valence-corrected chi connectivity index (χ4v) is 4.02. The molecular weight excluding hydrogens is 340 g/mol. The maximum absolute atomic E-state index is 13.0. The predicted molar refractivity (Wildman–Crippen MR) is 108 cm³/mol. The molecule has 2 aromatic heterocycles. The molecule has 1 amide bonds. The first-order valence-corrected chi connectivity index (χ1v) is 9.57. The van der Waals surface area contributed by atoms with Crippen LogP contribution in [0.4, 0.5) is 0 Å². The van der Waals surface area contributed by atoms with E-state index in [0.29, 0.717) is 12.2 Å². The monoisotopic (exact) mass is 360 g/mol. The Morgan fingerprint density at radius 1 is 1.04 bits per heavy atom. The normalized spacial score (nSPS) is 12.2. The van der Waals surface area contributed by atoms with Gasteiger partial charge in [-0.05, 0) is 35.6 Å². The number of carbonyl (C=O) groups is 1. The molecule has 1 N–H and O–H groups in total. The Bertz CT molecular complexity index is 1020. The first-order chi connectivity index (χ1) is 12.7. The Hall–Kier alpha value is -2.85. The van der Waals surface area contributed by atoms with Gasteiger partial charge in [-0.2, -0.15) is 0 Å². The van der Waals surface area contributed by atoms with Gasteiger partial charge in [-0.15, -0.1) is 11.3 Å². The maximum atomic E-state index is 13.0. The molecule has 0 unspecified atom stereocenters. The van der Waals surface area contributed by atoms with Crippen LogP contribution in [-0.4, -0.2) is 10.5 Å². The van der Waals surface area contributed by atoms with Gasteiger partial charge in [-0.1, -0.05) is 60.7 Å². The van der Waals surface area contributed by atoms with Gasteiger partial charge in [0.15, 0.2) is 0 Å². The average Bonchev–Trinajstić information content (AvgIpc) is 3.26. The van der Waals surface area contributed by atoms with Gasteiger partial charge in [0.05, 0.1) is 16.3 Å². The third kappa shape index (κ3) is 3.28. The summed E-state index contributed by atoms with van der Waals surface area (Å²) in [6.07, 6.45) is 0. The van der Waals surface area contributed by atoms with E-state index in [-0.39, 0.29) is 11.9 Å². The molecule has 2 aromatic carbocycles. The van der Waals surface area contributed by atoms with Gasteiger partial charge < -0.3 is 9.88 Å². The molecule has 3 nitrogen and oxygen atoms in total. The maximum Gasteiger partial charge on any atom is 0.268 e. The van der Waals surface area contributed by atoms with Crippen LogP contribution in [0.5, 0.6) is 0 Å². The zero-order valence-corrected chi connectivity index (χ0v) is 15.4. The molecule has 0 bridgehead atoms. The molecule has 2 heterocycles. The van der Waals surface area contributed by atoms with Gasteiger partial charge in [0.2, 0.25) is 0 Å². The Labute approximate surface area is 156 Å². The highest BCUT2D eigenvalue weighted by atomic mass is 32.1. The molecule has 1 atom stereocenters. The molecule has 0 fully saturated rings. The number of hydrogen-bond donors (Lipinski definition) is 1. The van der Waals surface area contributed by atoms with Crippen molar-refractivity contribution < 1.29 is 4.79 Å². The van der Waals surface area contributed by atoms with E-state index >= 15 is 0 Å². The van der Waals surface area contributed by atoms with Crippen molar-refractivity contribution in [1.29, 1.82) is 0 Å². The van der Waals surface area contributed by atoms with Crippen LogP contribution in [0.2, 0.25) is 0 Å². The summed E-state index contributed by atoms with van der Waals surface area (Å²) in [6, 6.07) is 24.3. The lowest BCUT2D eigenvalue weighted by Crippen LogP contribution is -2.28. The van der Waals surface area contributed by atoms with Crippen LogP contribution < -0.4 is 5.32 Å². The van der Waals surface area contributed by atoms with Gasteiger partial charge in [-0.25, -0.2) is 0 Å². The molecule has 0 radical (unpaired) electrons. The molecular formula is C22H20N2OS. The van der Waals surface area contributed by atoms with E-state index in [9.17, 15) is 4.79 Å². The molecule has 4 aromatic rings. The molecule has 0 saturated carbocycles. The minimum Gasteiger partial charge on any atom is -0.344 e. The van der Waals surface area contributed by atoms with Crippen LogP contribution in [0.15, 0.2) is 78.2 Å². The summed E-state index contributed by atoms with van der Waals surface area (Å²) in [4.78, 5) is 13.0. The second-order valence-electron chi connectivity index (χ2n) is 6.38. The summed E-state index contributed by atoms with van der Waals surface area (Å²) >= 11 is 1.66. The molecule has 0 aliphatic carbocycles. The van der Waals surface area contributed by atoms with Crippen LogP contribution in [0.3, 0.4) is 0 Å². The smallest absolute Gasteiger partial charge is 0.268 e. The molecule has 4 heteroatoms. The SMILES string of the molecule is C[C@@H](NC(=O)c1cc2sccc2n1Cc1ccccc1)c1ccccc1. The van der Waals surface area contributed by atoms with Crippen LogP contribution >= 0.6 is 11.3 Å². The zero-order valence-electron chi connectivity index (χ0n) is 14.6. The minimum atomic E-state index is -0.0410. The van der Waals surface area contributed by atoms with E-state index in [4.69, 9.17) is 0 Å². The Morgan fingerprint density at radius 3 is 2.46 bits per heavy atom. The van der Waals surface area contributed by atoms with Crippen molar-refractivity contribution in [3.05, 3.63) is 95.0 Å². The molecule has 0 spiro atoms. The van der Waals surface area contributed by atoms with Gasteiger partial charge in [0.1, 0.15) is 5.69 Å². The fourth-order valence-electron chi connectivity index (χ4n) is 3.20. The molecule has 26 heavy (non-hydrogen) atoms. The highest BCUT2D eigenvalue weighted by Crippen LogP contribution is 2.27. The van der Waals surface area contributed by atoms with E-state index in [1.165, 1.54) is 5.56 Å². The summed E-state index contributed by atoms with van der Waals surface area (Å²) < 4.78 is 3.24. The van der Waals surface area contributed by atoms with Crippen LogP contribution in [0.1, 0.15) is 34.6 Å². The largest absolute Gasteiger partial charge is 0.344 e. The van der Waals surface area contributed by atoms with Crippen LogP contribution in [0.25, 0.3) is 10.2 Å². The Balaban J connectivity index is 1.64. The Kier molecular flexibility index (Phi) is 4.59. The topological polar surface area (TPSA) is 34.0 Å². The highest BCUT2D eigenvalue weighted by molar-refractivity contribution is 7.17. The first kappa shape index (κ1) is 16.6. The summed E-state index contributed by atoms with van der Waals surface area (Å²) in [7, 11) is 0. The molecule has 130 valence electrons. The third-order valence-corrected chi connectivity index (χ3v) is 5.44. The number of nitrogens with zero attached hydrogens (tertiary/aromatic N) is 1.